The van der Waals surface area contributed by atoms with Crippen molar-refractivity contribution in [2.75, 3.05) is 4.90 Å². The number of carbonyl (C=O) groups is 1. The van der Waals surface area contributed by atoms with Crippen molar-refractivity contribution in [2.24, 2.45) is 0 Å². The number of nitrogens with zero attached hydrogens (tertiary/aromatic N) is 3. The summed E-state index contributed by atoms with van der Waals surface area (Å²) in [5.41, 5.74) is 3.62. The fourth-order valence-electron chi connectivity index (χ4n) is 3.88. The van der Waals surface area contributed by atoms with E-state index in [-0.39, 0.29) is 17.8 Å². The van der Waals surface area contributed by atoms with Crippen molar-refractivity contribution in [3.63, 3.8) is 0 Å². The number of amides is 1. The summed E-state index contributed by atoms with van der Waals surface area (Å²) in [5.74, 6) is -0.408. The highest BCUT2D eigenvalue weighted by Gasteiger charge is 2.31. The topological polar surface area (TPSA) is 46.1 Å². The first-order chi connectivity index (χ1) is 14.1. The van der Waals surface area contributed by atoms with Crippen LogP contribution >= 0.6 is 11.3 Å². The molecule has 0 fully saturated rings. The van der Waals surface area contributed by atoms with Crippen LogP contribution < -0.4 is 4.90 Å². The van der Waals surface area contributed by atoms with Crippen molar-refractivity contribution >= 4 is 33.1 Å². The van der Waals surface area contributed by atoms with Crippen molar-refractivity contribution in [2.45, 2.75) is 25.8 Å². The molecule has 3 heterocycles. The third-order valence-electron chi connectivity index (χ3n) is 5.33. The predicted molar refractivity (Wildman–Crippen MR) is 114 cm³/mol. The molecular formula is C23H18FN3OS. The number of aryl methyl sites for hydroxylation is 1. The number of aromatic nitrogens is 2. The van der Waals surface area contributed by atoms with E-state index in [1.54, 1.807) is 29.3 Å². The van der Waals surface area contributed by atoms with E-state index >= 15 is 0 Å². The van der Waals surface area contributed by atoms with Crippen LogP contribution in [0.25, 0.3) is 20.9 Å². The highest BCUT2D eigenvalue weighted by molar-refractivity contribution is 7.21. The second-order valence-electron chi connectivity index (χ2n) is 7.22. The normalized spacial score (nSPS) is 16.1. The standard InChI is InChI=1S/C23H18FN3OS/c1-14-8-9-15-13-16(24)10-11-19(15)27(14)23(28)17-5-4-12-25-21(17)22-26-18-6-2-3-7-20(18)29-22/h2-7,10-14H,8-9H2,1H3. The van der Waals surface area contributed by atoms with Crippen LogP contribution in [-0.4, -0.2) is 21.9 Å². The number of hydrogen-bond donors (Lipinski definition) is 0. The molecule has 1 aliphatic heterocycles. The van der Waals surface area contributed by atoms with Crippen LogP contribution in [0.4, 0.5) is 10.1 Å². The zero-order chi connectivity index (χ0) is 20.0. The monoisotopic (exact) mass is 403 g/mol. The minimum absolute atomic E-state index is 0.0175. The fraction of sp³-hybridized carbons (Fsp3) is 0.174. The van der Waals surface area contributed by atoms with Crippen LogP contribution in [0.1, 0.15) is 29.3 Å². The third kappa shape index (κ3) is 3.09. The van der Waals surface area contributed by atoms with Crippen LogP contribution in [0.2, 0.25) is 0 Å². The summed E-state index contributed by atoms with van der Waals surface area (Å²) in [6.45, 7) is 2.03. The van der Waals surface area contributed by atoms with Gasteiger partial charge in [-0.15, -0.1) is 11.3 Å². The molecule has 0 N–H and O–H groups in total. The Morgan fingerprint density at radius 2 is 2.03 bits per heavy atom. The molecule has 4 aromatic rings. The first-order valence-electron chi connectivity index (χ1n) is 9.55. The number of anilines is 1. The lowest BCUT2D eigenvalue weighted by Gasteiger charge is -2.35. The second kappa shape index (κ2) is 7.04. The first kappa shape index (κ1) is 17.9. The summed E-state index contributed by atoms with van der Waals surface area (Å²) in [6.07, 6.45) is 3.23. The van der Waals surface area contributed by atoms with Gasteiger partial charge in [-0.1, -0.05) is 12.1 Å². The number of pyridine rings is 1. The van der Waals surface area contributed by atoms with Gasteiger partial charge in [0.1, 0.15) is 16.5 Å². The summed E-state index contributed by atoms with van der Waals surface area (Å²) in [4.78, 5) is 24.6. The summed E-state index contributed by atoms with van der Waals surface area (Å²) in [6, 6.07) is 16.1. The Balaban J connectivity index is 1.61. The van der Waals surface area contributed by atoms with Gasteiger partial charge in [-0.25, -0.2) is 9.37 Å². The molecule has 2 aromatic carbocycles. The molecule has 4 nitrogen and oxygen atoms in total. The number of carbonyl (C=O) groups excluding carboxylic acids is 1. The van der Waals surface area contributed by atoms with Gasteiger partial charge in [-0.05, 0) is 67.8 Å². The van der Waals surface area contributed by atoms with E-state index in [9.17, 15) is 9.18 Å². The quantitative estimate of drug-likeness (QED) is 0.445. The van der Waals surface area contributed by atoms with Crippen LogP contribution in [0, 0.1) is 5.82 Å². The van der Waals surface area contributed by atoms with E-state index in [1.807, 2.05) is 31.2 Å². The maximum Gasteiger partial charge on any atom is 0.260 e. The second-order valence-corrected chi connectivity index (χ2v) is 8.25. The summed E-state index contributed by atoms with van der Waals surface area (Å²) in [7, 11) is 0. The van der Waals surface area contributed by atoms with Crippen molar-refractivity contribution in [1.29, 1.82) is 0 Å². The molecule has 0 aliphatic carbocycles. The Bertz CT molecular complexity index is 1200. The lowest BCUT2D eigenvalue weighted by atomic mass is 9.95. The summed E-state index contributed by atoms with van der Waals surface area (Å²) >= 11 is 1.52. The number of hydrogen-bond acceptors (Lipinski definition) is 4. The molecule has 1 amide bonds. The van der Waals surface area contributed by atoms with Gasteiger partial charge in [-0.3, -0.25) is 9.78 Å². The van der Waals surface area contributed by atoms with Crippen LogP contribution in [-0.2, 0) is 6.42 Å². The van der Waals surface area contributed by atoms with E-state index in [0.717, 1.165) is 39.3 Å². The number of benzene rings is 2. The predicted octanol–water partition coefficient (Wildman–Crippen LogP) is 5.48. The lowest BCUT2D eigenvalue weighted by Crippen LogP contribution is -2.42. The number of halogens is 1. The third-order valence-corrected chi connectivity index (χ3v) is 6.37. The average Bonchev–Trinajstić information content (AvgIpc) is 3.17. The van der Waals surface area contributed by atoms with Crippen molar-refractivity contribution in [1.82, 2.24) is 9.97 Å². The van der Waals surface area contributed by atoms with Gasteiger partial charge in [0.25, 0.3) is 5.91 Å². The molecule has 1 unspecified atom stereocenters. The molecule has 0 saturated carbocycles. The minimum Gasteiger partial charge on any atom is -0.305 e. The van der Waals surface area contributed by atoms with Gasteiger partial charge in [0.05, 0.1) is 15.8 Å². The van der Waals surface area contributed by atoms with E-state index in [1.165, 1.54) is 23.5 Å². The molecule has 2 aromatic heterocycles. The number of para-hydroxylation sites is 1. The average molecular weight is 403 g/mol. The van der Waals surface area contributed by atoms with Gasteiger partial charge in [-0.2, -0.15) is 0 Å². The lowest BCUT2D eigenvalue weighted by molar-refractivity contribution is 0.0975. The van der Waals surface area contributed by atoms with E-state index in [2.05, 4.69) is 9.97 Å². The van der Waals surface area contributed by atoms with E-state index in [4.69, 9.17) is 0 Å². The Morgan fingerprint density at radius 1 is 1.17 bits per heavy atom. The Morgan fingerprint density at radius 3 is 2.90 bits per heavy atom. The Labute approximate surface area is 171 Å². The Hall–Kier alpha value is -3.12. The van der Waals surface area contributed by atoms with E-state index in [0.29, 0.717) is 11.3 Å². The van der Waals surface area contributed by atoms with Gasteiger partial charge < -0.3 is 4.90 Å². The molecule has 6 heteroatoms. The highest BCUT2D eigenvalue weighted by Crippen LogP contribution is 2.35. The molecule has 0 spiro atoms. The molecule has 0 saturated heterocycles. The molecule has 29 heavy (non-hydrogen) atoms. The molecule has 0 radical (unpaired) electrons. The zero-order valence-electron chi connectivity index (χ0n) is 15.8. The number of fused-ring (bicyclic) bond motifs is 2. The summed E-state index contributed by atoms with van der Waals surface area (Å²) in [5, 5.41) is 0.721. The smallest absolute Gasteiger partial charge is 0.260 e. The molecular weight excluding hydrogens is 385 g/mol. The fourth-order valence-corrected chi connectivity index (χ4v) is 4.86. The highest BCUT2D eigenvalue weighted by atomic mass is 32.1. The first-order valence-corrected chi connectivity index (χ1v) is 10.4. The summed E-state index contributed by atoms with van der Waals surface area (Å²) < 4.78 is 14.8. The van der Waals surface area contributed by atoms with Crippen molar-refractivity contribution in [3.8, 4) is 10.7 Å². The molecule has 1 aliphatic rings. The number of rotatable bonds is 2. The van der Waals surface area contributed by atoms with E-state index < -0.39 is 0 Å². The van der Waals surface area contributed by atoms with Crippen molar-refractivity contribution in [3.05, 3.63) is 77.7 Å². The maximum absolute atomic E-state index is 13.7. The van der Waals surface area contributed by atoms with Gasteiger partial charge >= 0.3 is 0 Å². The van der Waals surface area contributed by atoms with Crippen LogP contribution in [0.3, 0.4) is 0 Å². The molecule has 5 rings (SSSR count). The van der Waals surface area contributed by atoms with Gasteiger partial charge in [0, 0.05) is 17.9 Å². The molecule has 1 atom stereocenters. The van der Waals surface area contributed by atoms with Crippen LogP contribution in [0.5, 0.6) is 0 Å². The maximum atomic E-state index is 13.7. The largest absolute Gasteiger partial charge is 0.305 e. The minimum atomic E-state index is -0.276. The number of thiazole rings is 1. The Kier molecular flexibility index (Phi) is 4.36. The molecule has 144 valence electrons. The zero-order valence-corrected chi connectivity index (χ0v) is 16.6. The molecule has 0 bridgehead atoms. The van der Waals surface area contributed by atoms with Gasteiger partial charge in [0.15, 0.2) is 0 Å². The SMILES string of the molecule is CC1CCc2cc(F)ccc2N1C(=O)c1cccnc1-c1nc2ccccc2s1. The van der Waals surface area contributed by atoms with Gasteiger partial charge in [0.2, 0.25) is 0 Å². The van der Waals surface area contributed by atoms with Crippen LogP contribution in [0.15, 0.2) is 60.8 Å². The van der Waals surface area contributed by atoms with Crippen molar-refractivity contribution < 1.29 is 9.18 Å².